The van der Waals surface area contributed by atoms with Crippen LogP contribution < -0.4 is 0 Å². The fraction of sp³-hybridized carbons (Fsp3) is 0.500. The van der Waals surface area contributed by atoms with Gasteiger partial charge in [0.25, 0.3) is 0 Å². The van der Waals surface area contributed by atoms with Crippen LogP contribution in [0.4, 0.5) is 0 Å². The van der Waals surface area contributed by atoms with Crippen LogP contribution in [0.25, 0.3) is 5.32 Å². The third-order valence-electron chi connectivity index (χ3n) is 0.848. The number of amides is 1. The van der Waals surface area contributed by atoms with Crippen molar-refractivity contribution in [2.45, 2.75) is 6.92 Å². The van der Waals surface area contributed by atoms with Crippen LogP contribution in [0.3, 0.4) is 0 Å². The van der Waals surface area contributed by atoms with Gasteiger partial charge in [0.15, 0.2) is 0 Å². The smallest absolute Gasteiger partial charge is 0.651 e. The van der Waals surface area contributed by atoms with Crippen LogP contribution in [0.15, 0.2) is 4.99 Å². The van der Waals surface area contributed by atoms with Gasteiger partial charge in [-0.1, -0.05) is 0 Å². The summed E-state index contributed by atoms with van der Waals surface area (Å²) in [6.07, 6.45) is 0. The molecule has 10 heavy (non-hydrogen) atoms. The van der Waals surface area contributed by atoms with Gasteiger partial charge in [0.1, 0.15) is 0 Å². The van der Waals surface area contributed by atoms with Crippen LogP contribution in [0.2, 0.25) is 0 Å². The molecular formula is C6H12N2NiO. The van der Waals surface area contributed by atoms with Crippen LogP contribution in [-0.2, 0) is 21.3 Å². The van der Waals surface area contributed by atoms with Gasteiger partial charge in [0.05, 0.1) is 11.6 Å². The first-order valence-corrected chi connectivity index (χ1v) is 2.30. The Labute approximate surface area is 72.2 Å². The van der Waals surface area contributed by atoms with Crippen molar-refractivity contribution >= 4 is 11.6 Å². The van der Waals surface area contributed by atoms with Gasteiger partial charge in [0, 0.05) is 7.05 Å². The molecule has 0 saturated carbocycles. The molecule has 0 aliphatic carbocycles. The quantitative estimate of drug-likeness (QED) is 0.343. The van der Waals surface area contributed by atoms with E-state index in [1.54, 1.807) is 14.0 Å². The van der Waals surface area contributed by atoms with Crippen molar-refractivity contribution in [2.75, 3.05) is 14.1 Å². The average Bonchev–Trinajstić information content (AvgIpc) is 1.84. The summed E-state index contributed by atoms with van der Waals surface area (Å²) in [5.41, 5.74) is 0.451. The van der Waals surface area contributed by atoms with E-state index < -0.39 is 0 Å². The molecule has 3 nitrogen and oxygen atoms in total. The van der Waals surface area contributed by atoms with Crippen LogP contribution in [0.5, 0.6) is 0 Å². The van der Waals surface area contributed by atoms with Gasteiger partial charge < -0.3 is 17.5 Å². The van der Waals surface area contributed by atoms with E-state index in [1.807, 2.05) is 0 Å². The normalized spacial score (nSPS) is 8.90. The first kappa shape index (κ1) is 16.3. The maximum atomic E-state index is 10.4. The van der Waals surface area contributed by atoms with Crippen molar-refractivity contribution in [3.05, 3.63) is 12.7 Å². The van der Waals surface area contributed by atoms with Crippen molar-refractivity contribution in [2.24, 2.45) is 4.99 Å². The van der Waals surface area contributed by atoms with Crippen molar-refractivity contribution in [1.82, 2.24) is 0 Å². The van der Waals surface area contributed by atoms with Gasteiger partial charge in [-0.25, -0.2) is 0 Å². The SMILES string of the molecule is CN=C(C)C(=O)[N-]C.[CH3-].[Ni+2]. The third kappa shape index (κ3) is 5.76. The Morgan fingerprint density at radius 3 is 2.00 bits per heavy atom. The average molecular weight is 187 g/mol. The van der Waals surface area contributed by atoms with E-state index in [2.05, 4.69) is 10.3 Å². The van der Waals surface area contributed by atoms with Gasteiger partial charge >= 0.3 is 16.5 Å². The number of aliphatic imine (C=N–C) groups is 1. The van der Waals surface area contributed by atoms with E-state index in [0.29, 0.717) is 5.71 Å². The van der Waals surface area contributed by atoms with Crippen LogP contribution in [-0.4, -0.2) is 25.7 Å². The molecule has 0 unspecified atom stereocenters. The summed E-state index contributed by atoms with van der Waals surface area (Å²) < 4.78 is 0. The second-order valence-corrected chi connectivity index (χ2v) is 1.34. The monoisotopic (exact) mass is 186 g/mol. The summed E-state index contributed by atoms with van der Waals surface area (Å²) in [7, 11) is 3.02. The van der Waals surface area contributed by atoms with E-state index in [9.17, 15) is 4.79 Å². The third-order valence-corrected chi connectivity index (χ3v) is 0.848. The van der Waals surface area contributed by atoms with E-state index in [4.69, 9.17) is 0 Å². The Hall–Kier alpha value is -0.366. The fourth-order valence-electron chi connectivity index (χ4n) is 0.257. The molecule has 0 aromatic rings. The summed E-state index contributed by atoms with van der Waals surface area (Å²) in [5, 5.41) is 3.39. The second kappa shape index (κ2) is 8.63. The van der Waals surface area contributed by atoms with E-state index in [0.717, 1.165) is 0 Å². The molecule has 0 aliphatic heterocycles. The Kier molecular flexibility index (Phi) is 14.1. The number of hydrogen-bond donors (Lipinski definition) is 0. The predicted molar refractivity (Wildman–Crippen MR) is 39.7 cm³/mol. The molecule has 1 amide bonds. The summed E-state index contributed by atoms with van der Waals surface area (Å²) in [6, 6.07) is 0. The van der Waals surface area contributed by atoms with E-state index in [1.165, 1.54) is 7.05 Å². The standard InChI is InChI=1S/C5H10N2O.CH3.Ni/c1-4(6-2)5(8)7-3;;/h1-3H3,(H,7,8);1H3;/q;-1;+2/p-1. The molecular weight excluding hydrogens is 175 g/mol. The number of rotatable bonds is 1. The minimum Gasteiger partial charge on any atom is -0.651 e. The zero-order chi connectivity index (χ0) is 6.57. The Morgan fingerprint density at radius 1 is 1.50 bits per heavy atom. The summed E-state index contributed by atoms with van der Waals surface area (Å²) in [6.45, 7) is 1.63. The minimum absolute atomic E-state index is 0. The van der Waals surface area contributed by atoms with Gasteiger partial charge in [-0.15, -0.1) is 7.05 Å². The fourth-order valence-corrected chi connectivity index (χ4v) is 0.257. The van der Waals surface area contributed by atoms with Crippen molar-refractivity contribution in [3.8, 4) is 0 Å². The molecule has 0 aliphatic rings. The summed E-state index contributed by atoms with van der Waals surface area (Å²) in [4.78, 5) is 14.1. The topological polar surface area (TPSA) is 43.5 Å². The van der Waals surface area contributed by atoms with Gasteiger partial charge in [0.2, 0.25) is 0 Å². The Balaban J connectivity index is -0.000000245. The molecule has 0 aromatic carbocycles. The largest absolute Gasteiger partial charge is 2.00 e. The predicted octanol–water partition coefficient (Wildman–Crippen LogP) is 1.05. The number of hydrogen-bond acceptors (Lipinski definition) is 2. The molecule has 0 spiro atoms. The van der Waals surface area contributed by atoms with E-state index in [-0.39, 0.29) is 29.8 Å². The van der Waals surface area contributed by atoms with Crippen molar-refractivity contribution < 1.29 is 21.3 Å². The summed E-state index contributed by atoms with van der Waals surface area (Å²) >= 11 is 0. The van der Waals surface area contributed by atoms with Gasteiger partial charge in [-0.2, -0.15) is 0 Å². The zero-order valence-electron chi connectivity index (χ0n) is 6.62. The Bertz CT molecular complexity index is 123. The number of nitrogens with zero attached hydrogens (tertiary/aromatic N) is 2. The maximum Gasteiger partial charge on any atom is 2.00 e. The molecule has 0 aromatic heterocycles. The molecule has 0 bridgehead atoms. The van der Waals surface area contributed by atoms with Crippen LogP contribution in [0.1, 0.15) is 6.92 Å². The van der Waals surface area contributed by atoms with Gasteiger partial charge in [-0.3, -0.25) is 4.99 Å². The molecule has 0 fully saturated rings. The first-order chi connectivity index (χ1) is 3.72. The number of carbonyl (C=O) groups is 1. The van der Waals surface area contributed by atoms with Crippen LogP contribution in [0, 0.1) is 7.43 Å². The summed E-state index contributed by atoms with van der Waals surface area (Å²) in [5.74, 6) is -0.243. The molecule has 0 saturated heterocycles. The van der Waals surface area contributed by atoms with Crippen molar-refractivity contribution in [1.29, 1.82) is 0 Å². The molecule has 0 N–H and O–H groups in total. The molecule has 62 valence electrons. The maximum absolute atomic E-state index is 10.4. The second-order valence-electron chi connectivity index (χ2n) is 1.34. The molecule has 4 heteroatoms. The molecule has 0 heterocycles. The molecule has 0 atom stereocenters. The number of carbonyl (C=O) groups excluding carboxylic acids is 1. The molecule has 0 rings (SSSR count). The Morgan fingerprint density at radius 2 is 1.90 bits per heavy atom. The zero-order valence-corrected chi connectivity index (χ0v) is 7.61. The minimum atomic E-state index is -0.243. The van der Waals surface area contributed by atoms with E-state index >= 15 is 0 Å². The molecule has 0 radical (unpaired) electrons. The van der Waals surface area contributed by atoms with Crippen molar-refractivity contribution in [3.63, 3.8) is 0 Å². The van der Waals surface area contributed by atoms with Gasteiger partial charge in [-0.05, 0) is 6.92 Å². The van der Waals surface area contributed by atoms with Crippen LogP contribution >= 0.6 is 0 Å². The first-order valence-electron chi connectivity index (χ1n) is 2.30.